The predicted octanol–water partition coefficient (Wildman–Crippen LogP) is 3.47. The van der Waals surface area contributed by atoms with Crippen molar-refractivity contribution in [2.24, 2.45) is 5.92 Å². The van der Waals surface area contributed by atoms with Gasteiger partial charge in [-0.05, 0) is 46.0 Å². The van der Waals surface area contributed by atoms with Gasteiger partial charge in [0.1, 0.15) is 5.75 Å². The Morgan fingerprint density at radius 1 is 1.29 bits per heavy atom. The van der Waals surface area contributed by atoms with Gasteiger partial charge in [0.15, 0.2) is 0 Å². The van der Waals surface area contributed by atoms with Gasteiger partial charge >= 0.3 is 0 Å². The Balaban J connectivity index is 1.65. The van der Waals surface area contributed by atoms with Crippen LogP contribution in [0.1, 0.15) is 33.7 Å². The molecular weight excluding hydrogens is 442 g/mol. The number of hydrogen-bond acceptors (Lipinski definition) is 4. The number of alkyl halides is 2. The maximum atomic E-state index is 14.8. The van der Waals surface area contributed by atoms with E-state index in [1.165, 1.54) is 7.11 Å². The van der Waals surface area contributed by atoms with Crippen LogP contribution in [0, 0.1) is 19.8 Å². The van der Waals surface area contributed by atoms with Crippen LogP contribution < -0.4 is 15.6 Å². The highest BCUT2D eigenvalue weighted by Crippen LogP contribution is 2.36. The Bertz CT molecular complexity index is 1280. The van der Waals surface area contributed by atoms with Crippen molar-refractivity contribution >= 4 is 16.8 Å². The van der Waals surface area contributed by atoms with Crippen LogP contribution in [-0.4, -0.2) is 53.5 Å². The number of ether oxygens (including phenoxy) is 1. The minimum Gasteiger partial charge on any atom is -0.496 e. The molecule has 1 amide bonds. The van der Waals surface area contributed by atoms with Gasteiger partial charge < -0.3 is 24.5 Å². The lowest BCUT2D eigenvalue weighted by Crippen LogP contribution is -2.48. The summed E-state index contributed by atoms with van der Waals surface area (Å²) in [6, 6.07) is 9.02. The monoisotopic (exact) mass is 472 g/mol. The lowest BCUT2D eigenvalue weighted by molar-refractivity contribution is -0.110. The standard InChI is InChI=1S/C25H30F2N4O3/c1-15-11-21(34-4)19(23(32)29-15)12-28-24(33)22-16(2)31(20-8-6-5-7-18(20)22)13-17-9-10-30(3)14-25(17,26)27/h5-8,11,17H,9-10,12-14H2,1-4H3,(H,28,33)(H,29,32). The van der Waals surface area contributed by atoms with Gasteiger partial charge in [-0.1, -0.05) is 18.2 Å². The number of aromatic amines is 1. The molecule has 9 heteroatoms. The summed E-state index contributed by atoms with van der Waals surface area (Å²) in [4.78, 5) is 30.0. The second kappa shape index (κ2) is 9.21. The van der Waals surface area contributed by atoms with Gasteiger partial charge in [-0.25, -0.2) is 8.78 Å². The SMILES string of the molecule is COc1cc(C)[nH]c(=O)c1CNC(=O)c1c(C)n(CC2CCN(C)CC2(F)F)c2ccccc12. The van der Waals surface area contributed by atoms with E-state index in [1.54, 1.807) is 31.9 Å². The molecule has 1 unspecified atom stereocenters. The third-order valence-electron chi connectivity index (χ3n) is 6.67. The molecule has 4 rings (SSSR count). The average Bonchev–Trinajstić information content (AvgIpc) is 3.05. The number of halogens is 2. The molecule has 2 N–H and O–H groups in total. The molecule has 0 saturated carbocycles. The van der Waals surface area contributed by atoms with E-state index in [2.05, 4.69) is 10.3 Å². The molecule has 3 aromatic rings. The van der Waals surface area contributed by atoms with Crippen LogP contribution in [0.3, 0.4) is 0 Å². The fraction of sp³-hybridized carbons (Fsp3) is 0.440. The van der Waals surface area contributed by atoms with Crippen LogP contribution in [0.25, 0.3) is 10.9 Å². The van der Waals surface area contributed by atoms with Crippen molar-refractivity contribution in [3.05, 3.63) is 63.2 Å². The van der Waals surface area contributed by atoms with Gasteiger partial charge in [0.2, 0.25) is 0 Å². The Morgan fingerprint density at radius 2 is 2.03 bits per heavy atom. The molecule has 0 spiro atoms. The number of carbonyl (C=O) groups is 1. The first-order valence-corrected chi connectivity index (χ1v) is 11.3. The Morgan fingerprint density at radius 3 is 2.74 bits per heavy atom. The molecule has 2 aromatic heterocycles. The second-order valence-electron chi connectivity index (χ2n) is 9.08. The van der Waals surface area contributed by atoms with E-state index >= 15 is 0 Å². The zero-order valence-electron chi connectivity index (χ0n) is 19.9. The zero-order chi connectivity index (χ0) is 24.6. The highest BCUT2D eigenvalue weighted by atomic mass is 19.3. The van der Waals surface area contributed by atoms with E-state index in [4.69, 9.17) is 4.74 Å². The minimum absolute atomic E-state index is 0.0242. The summed E-state index contributed by atoms with van der Waals surface area (Å²) in [6.07, 6.45) is 0.382. The largest absolute Gasteiger partial charge is 0.496 e. The molecule has 1 fully saturated rings. The fourth-order valence-electron chi connectivity index (χ4n) is 4.85. The first-order valence-electron chi connectivity index (χ1n) is 11.3. The molecule has 7 nitrogen and oxygen atoms in total. The molecular formula is C25H30F2N4O3. The number of aryl methyl sites for hydroxylation is 1. The van der Waals surface area contributed by atoms with Gasteiger partial charge in [-0.15, -0.1) is 0 Å². The normalized spacial score (nSPS) is 18.2. The number of benzene rings is 1. The Hall–Kier alpha value is -3.20. The summed E-state index contributed by atoms with van der Waals surface area (Å²) < 4.78 is 36.7. The van der Waals surface area contributed by atoms with Crippen molar-refractivity contribution in [1.82, 2.24) is 19.8 Å². The van der Waals surface area contributed by atoms with Crippen LogP contribution in [0.15, 0.2) is 35.1 Å². The Labute approximate surface area is 196 Å². The van der Waals surface area contributed by atoms with Crippen molar-refractivity contribution in [3.8, 4) is 5.75 Å². The van der Waals surface area contributed by atoms with Crippen LogP contribution in [0.4, 0.5) is 8.78 Å². The van der Waals surface area contributed by atoms with Crippen molar-refractivity contribution in [3.63, 3.8) is 0 Å². The van der Waals surface area contributed by atoms with Gasteiger partial charge in [-0.3, -0.25) is 9.59 Å². The predicted molar refractivity (Wildman–Crippen MR) is 127 cm³/mol. The van der Waals surface area contributed by atoms with E-state index in [-0.39, 0.29) is 31.1 Å². The second-order valence-corrected chi connectivity index (χ2v) is 9.08. The number of amides is 1. The van der Waals surface area contributed by atoms with Crippen molar-refractivity contribution in [2.75, 3.05) is 27.2 Å². The summed E-state index contributed by atoms with van der Waals surface area (Å²) in [5.74, 6) is -3.60. The quantitative estimate of drug-likeness (QED) is 0.576. The molecule has 0 radical (unpaired) electrons. The number of piperidine rings is 1. The van der Waals surface area contributed by atoms with Gasteiger partial charge in [0.25, 0.3) is 17.4 Å². The summed E-state index contributed by atoms with van der Waals surface area (Å²) in [7, 11) is 3.17. The molecule has 1 aliphatic rings. The number of carbonyl (C=O) groups excluding carboxylic acids is 1. The summed E-state index contributed by atoms with van der Waals surface area (Å²) in [6.45, 7) is 3.98. The first-order chi connectivity index (χ1) is 16.1. The molecule has 1 saturated heterocycles. The molecule has 0 bridgehead atoms. The number of hydrogen-bond donors (Lipinski definition) is 2. The Kier molecular flexibility index (Phi) is 6.49. The zero-order valence-corrected chi connectivity index (χ0v) is 19.9. The van der Waals surface area contributed by atoms with E-state index < -0.39 is 11.8 Å². The number of nitrogens with one attached hydrogen (secondary N) is 2. The maximum Gasteiger partial charge on any atom is 0.265 e. The van der Waals surface area contributed by atoms with E-state index in [1.807, 2.05) is 28.8 Å². The number of pyridine rings is 1. The molecule has 1 atom stereocenters. The number of fused-ring (bicyclic) bond motifs is 1. The molecule has 182 valence electrons. The number of nitrogens with zero attached hydrogens (tertiary/aromatic N) is 2. The van der Waals surface area contributed by atoms with Crippen LogP contribution in [-0.2, 0) is 13.1 Å². The highest BCUT2D eigenvalue weighted by molar-refractivity contribution is 6.08. The number of para-hydroxylation sites is 1. The lowest BCUT2D eigenvalue weighted by Gasteiger charge is -2.37. The smallest absolute Gasteiger partial charge is 0.265 e. The van der Waals surface area contributed by atoms with Crippen LogP contribution >= 0.6 is 0 Å². The number of methoxy groups -OCH3 is 1. The summed E-state index contributed by atoms with van der Waals surface area (Å²) in [5.41, 5.74) is 2.43. The number of likely N-dealkylation sites (tertiary alicyclic amines) is 1. The maximum absolute atomic E-state index is 14.8. The van der Waals surface area contributed by atoms with E-state index in [9.17, 15) is 18.4 Å². The van der Waals surface area contributed by atoms with Crippen LogP contribution in [0.5, 0.6) is 5.75 Å². The molecule has 0 aliphatic carbocycles. The van der Waals surface area contributed by atoms with Crippen molar-refractivity contribution in [1.29, 1.82) is 0 Å². The molecule has 1 aliphatic heterocycles. The summed E-state index contributed by atoms with van der Waals surface area (Å²) >= 11 is 0. The van der Waals surface area contributed by atoms with Crippen molar-refractivity contribution < 1.29 is 18.3 Å². The number of H-pyrrole nitrogens is 1. The lowest BCUT2D eigenvalue weighted by atomic mass is 9.93. The highest BCUT2D eigenvalue weighted by Gasteiger charge is 2.44. The van der Waals surface area contributed by atoms with Crippen molar-refractivity contribution in [2.45, 2.75) is 39.3 Å². The average molecular weight is 473 g/mol. The first kappa shape index (κ1) is 23.9. The molecule has 1 aromatic carbocycles. The number of rotatable bonds is 6. The van der Waals surface area contributed by atoms with E-state index in [0.717, 1.165) is 5.52 Å². The fourth-order valence-corrected chi connectivity index (χ4v) is 4.85. The van der Waals surface area contributed by atoms with Gasteiger partial charge in [0, 0.05) is 34.8 Å². The van der Waals surface area contributed by atoms with Gasteiger partial charge in [0.05, 0.1) is 31.3 Å². The minimum atomic E-state index is -2.81. The topological polar surface area (TPSA) is 79.4 Å². The third-order valence-corrected chi connectivity index (χ3v) is 6.67. The third kappa shape index (κ3) is 4.44. The van der Waals surface area contributed by atoms with Gasteiger partial charge in [-0.2, -0.15) is 0 Å². The summed E-state index contributed by atoms with van der Waals surface area (Å²) in [5, 5.41) is 3.51. The molecule has 3 heterocycles. The van der Waals surface area contributed by atoms with E-state index in [0.29, 0.717) is 46.6 Å². The van der Waals surface area contributed by atoms with Crippen LogP contribution in [0.2, 0.25) is 0 Å². The molecule has 34 heavy (non-hydrogen) atoms. The number of aromatic nitrogens is 2.